The molecule has 0 spiro atoms. The van der Waals surface area contributed by atoms with Crippen LogP contribution < -0.4 is 5.73 Å². The Morgan fingerprint density at radius 3 is 2.73 bits per heavy atom. The molecular weight excluding hydrogens is 186 g/mol. The Balaban J connectivity index is 2.31. The Kier molecular flexibility index (Phi) is 2.72. The number of nitrogen functional groups attached to an aromatic ring is 1. The fourth-order valence-corrected chi connectivity index (χ4v) is 2.29. The lowest BCUT2D eigenvalue weighted by Gasteiger charge is -2.09. The minimum absolute atomic E-state index is 0.593. The van der Waals surface area contributed by atoms with Crippen LogP contribution in [0.3, 0.4) is 0 Å². The summed E-state index contributed by atoms with van der Waals surface area (Å²) in [6, 6.07) is 0. The maximum Gasteiger partial charge on any atom is 0.124 e. The van der Waals surface area contributed by atoms with Crippen LogP contribution in [0.2, 0.25) is 0 Å². The second-order valence-electron chi connectivity index (χ2n) is 4.75. The van der Waals surface area contributed by atoms with Crippen LogP contribution in [0.25, 0.3) is 0 Å². The molecule has 0 aromatic carbocycles. The summed E-state index contributed by atoms with van der Waals surface area (Å²) in [5.74, 6) is 2.31. The minimum Gasteiger partial charge on any atom is -0.384 e. The van der Waals surface area contributed by atoms with Crippen molar-refractivity contribution in [2.75, 3.05) is 5.73 Å². The third-order valence-electron chi connectivity index (χ3n) is 3.49. The third kappa shape index (κ3) is 1.87. The molecule has 3 heteroatoms. The van der Waals surface area contributed by atoms with Crippen LogP contribution in [-0.2, 0) is 13.5 Å². The van der Waals surface area contributed by atoms with Crippen molar-refractivity contribution in [3.63, 3.8) is 0 Å². The van der Waals surface area contributed by atoms with Gasteiger partial charge in [-0.05, 0) is 25.2 Å². The Morgan fingerprint density at radius 1 is 1.53 bits per heavy atom. The van der Waals surface area contributed by atoms with Crippen molar-refractivity contribution in [2.24, 2.45) is 13.0 Å². The van der Waals surface area contributed by atoms with E-state index < -0.39 is 0 Å². The highest BCUT2D eigenvalue weighted by Crippen LogP contribution is 2.43. The summed E-state index contributed by atoms with van der Waals surface area (Å²) in [6.07, 6.45) is 4.93. The average Bonchev–Trinajstić information content (AvgIpc) is 3.01. The van der Waals surface area contributed by atoms with E-state index in [2.05, 4.69) is 18.9 Å². The van der Waals surface area contributed by atoms with Crippen molar-refractivity contribution < 1.29 is 0 Å². The zero-order valence-corrected chi connectivity index (χ0v) is 9.95. The second-order valence-corrected chi connectivity index (χ2v) is 4.75. The zero-order valence-electron chi connectivity index (χ0n) is 9.95. The number of hydrogen-bond acceptors (Lipinski definition) is 2. The van der Waals surface area contributed by atoms with Crippen molar-refractivity contribution in [3.8, 4) is 0 Å². The van der Waals surface area contributed by atoms with E-state index in [0.717, 1.165) is 24.6 Å². The van der Waals surface area contributed by atoms with Gasteiger partial charge in [-0.15, -0.1) is 0 Å². The maximum atomic E-state index is 6.05. The van der Waals surface area contributed by atoms with Crippen LogP contribution in [0.1, 0.15) is 50.3 Å². The smallest absolute Gasteiger partial charge is 0.124 e. The predicted octanol–water partition coefficient (Wildman–Crippen LogP) is 2.47. The Bertz CT molecular complexity index is 350. The molecule has 1 aromatic heterocycles. The fraction of sp³-hybridized carbons (Fsp3) is 0.750. The van der Waals surface area contributed by atoms with E-state index in [1.54, 1.807) is 0 Å². The molecule has 1 unspecified atom stereocenters. The van der Waals surface area contributed by atoms with E-state index in [1.165, 1.54) is 24.1 Å². The van der Waals surface area contributed by atoms with Crippen LogP contribution >= 0.6 is 0 Å². The molecule has 0 bridgehead atoms. The predicted molar refractivity (Wildman–Crippen MR) is 62.8 cm³/mol. The van der Waals surface area contributed by atoms with Gasteiger partial charge in [-0.25, -0.2) is 0 Å². The SMILES string of the molecule is CCCc1c(C(C)C2CC2)nn(C)c1N. The van der Waals surface area contributed by atoms with Gasteiger partial charge in [0.15, 0.2) is 0 Å². The summed E-state index contributed by atoms with van der Waals surface area (Å²) < 4.78 is 1.83. The molecule has 1 aliphatic carbocycles. The molecule has 84 valence electrons. The molecule has 0 saturated heterocycles. The molecule has 1 aromatic rings. The molecule has 1 heterocycles. The lowest BCUT2D eigenvalue weighted by atomic mass is 9.96. The molecule has 2 rings (SSSR count). The summed E-state index contributed by atoms with van der Waals surface area (Å²) in [6.45, 7) is 4.48. The van der Waals surface area contributed by atoms with Crippen LogP contribution in [0, 0.1) is 5.92 Å². The summed E-state index contributed by atoms with van der Waals surface area (Å²) in [7, 11) is 1.94. The van der Waals surface area contributed by atoms with Crippen molar-refractivity contribution in [3.05, 3.63) is 11.3 Å². The lowest BCUT2D eigenvalue weighted by Crippen LogP contribution is -2.01. The number of aryl methyl sites for hydroxylation is 1. The van der Waals surface area contributed by atoms with Gasteiger partial charge in [0.05, 0.1) is 5.69 Å². The quantitative estimate of drug-likeness (QED) is 0.824. The van der Waals surface area contributed by atoms with E-state index in [9.17, 15) is 0 Å². The second kappa shape index (κ2) is 3.87. The van der Waals surface area contributed by atoms with Gasteiger partial charge in [0.2, 0.25) is 0 Å². The van der Waals surface area contributed by atoms with E-state index >= 15 is 0 Å². The fourth-order valence-electron chi connectivity index (χ4n) is 2.29. The third-order valence-corrected chi connectivity index (χ3v) is 3.49. The summed E-state index contributed by atoms with van der Waals surface area (Å²) in [4.78, 5) is 0. The first-order valence-corrected chi connectivity index (χ1v) is 5.96. The molecule has 1 atom stereocenters. The summed E-state index contributed by atoms with van der Waals surface area (Å²) in [5.41, 5.74) is 8.59. The largest absolute Gasteiger partial charge is 0.384 e. The molecule has 0 radical (unpaired) electrons. The molecule has 0 aliphatic heterocycles. The minimum atomic E-state index is 0.593. The van der Waals surface area contributed by atoms with Crippen molar-refractivity contribution in [1.29, 1.82) is 0 Å². The van der Waals surface area contributed by atoms with Crippen LogP contribution in [0.4, 0.5) is 5.82 Å². The number of hydrogen-bond donors (Lipinski definition) is 1. The molecule has 1 fully saturated rings. The highest BCUT2D eigenvalue weighted by Gasteiger charge is 2.32. The van der Waals surface area contributed by atoms with Gasteiger partial charge in [0.25, 0.3) is 0 Å². The molecule has 3 nitrogen and oxygen atoms in total. The lowest BCUT2D eigenvalue weighted by molar-refractivity contribution is 0.616. The van der Waals surface area contributed by atoms with Crippen LogP contribution in [-0.4, -0.2) is 9.78 Å². The molecule has 2 N–H and O–H groups in total. The normalized spacial score (nSPS) is 18.1. The number of rotatable bonds is 4. The van der Waals surface area contributed by atoms with Gasteiger partial charge >= 0.3 is 0 Å². The standard InChI is InChI=1S/C12H21N3/c1-4-5-10-11(8(2)9-6-7-9)14-15(3)12(10)13/h8-9H,4-7,13H2,1-3H3. The van der Waals surface area contributed by atoms with E-state index in [-0.39, 0.29) is 0 Å². The Hall–Kier alpha value is -0.990. The van der Waals surface area contributed by atoms with Gasteiger partial charge in [-0.3, -0.25) is 4.68 Å². The van der Waals surface area contributed by atoms with Crippen molar-refractivity contribution in [2.45, 2.75) is 45.4 Å². The molecular formula is C12H21N3. The van der Waals surface area contributed by atoms with Gasteiger partial charge < -0.3 is 5.73 Å². The average molecular weight is 207 g/mol. The summed E-state index contributed by atoms with van der Waals surface area (Å²) >= 11 is 0. The van der Waals surface area contributed by atoms with Crippen LogP contribution in [0.5, 0.6) is 0 Å². The van der Waals surface area contributed by atoms with Gasteiger partial charge in [0.1, 0.15) is 5.82 Å². The highest BCUT2D eigenvalue weighted by atomic mass is 15.3. The van der Waals surface area contributed by atoms with Gasteiger partial charge in [-0.2, -0.15) is 5.10 Å². The van der Waals surface area contributed by atoms with E-state index in [4.69, 9.17) is 5.73 Å². The molecule has 1 aliphatic rings. The Morgan fingerprint density at radius 2 is 2.20 bits per heavy atom. The zero-order chi connectivity index (χ0) is 11.0. The number of nitrogens with two attached hydrogens (primary N) is 1. The highest BCUT2D eigenvalue weighted by molar-refractivity contribution is 5.45. The van der Waals surface area contributed by atoms with Crippen molar-refractivity contribution >= 4 is 5.82 Å². The molecule has 0 amide bonds. The van der Waals surface area contributed by atoms with Crippen molar-refractivity contribution in [1.82, 2.24) is 9.78 Å². The molecule has 1 saturated carbocycles. The topological polar surface area (TPSA) is 43.8 Å². The summed E-state index contributed by atoms with van der Waals surface area (Å²) in [5, 5.41) is 4.58. The first kappa shape index (κ1) is 10.5. The maximum absolute atomic E-state index is 6.05. The number of nitrogens with zero attached hydrogens (tertiary/aromatic N) is 2. The first-order valence-electron chi connectivity index (χ1n) is 5.96. The Labute approximate surface area is 91.7 Å². The first-order chi connectivity index (χ1) is 7.15. The van der Waals surface area contributed by atoms with E-state index in [0.29, 0.717) is 5.92 Å². The number of aromatic nitrogens is 2. The van der Waals surface area contributed by atoms with E-state index in [1.807, 2.05) is 11.7 Å². The monoisotopic (exact) mass is 207 g/mol. The number of anilines is 1. The van der Waals surface area contributed by atoms with Crippen LogP contribution in [0.15, 0.2) is 0 Å². The van der Waals surface area contributed by atoms with Gasteiger partial charge in [0, 0.05) is 18.5 Å². The van der Waals surface area contributed by atoms with Gasteiger partial charge in [-0.1, -0.05) is 20.3 Å². The molecule has 15 heavy (non-hydrogen) atoms.